The molecule has 0 spiro atoms. The second-order valence-electron chi connectivity index (χ2n) is 1.80. The van der Waals surface area contributed by atoms with E-state index in [1.807, 2.05) is 0 Å². The molecule has 10 heavy (non-hydrogen) atoms. The van der Waals surface area contributed by atoms with Gasteiger partial charge in [0.1, 0.15) is 12.4 Å². The Morgan fingerprint density at radius 3 is 2.90 bits per heavy atom. The smallest absolute Gasteiger partial charge is 0.328 e. The molecule has 0 aliphatic rings. The van der Waals surface area contributed by atoms with Crippen LogP contribution in [-0.4, -0.2) is 31.3 Å². The molecule has 1 aromatic heterocycles. The Hall–Kier alpha value is -1.46. The van der Waals surface area contributed by atoms with Crippen LogP contribution in [0.2, 0.25) is 0 Å². The summed E-state index contributed by atoms with van der Waals surface area (Å²) in [6.07, 6.45) is 1.26. The first-order chi connectivity index (χ1) is 4.72. The summed E-state index contributed by atoms with van der Waals surface area (Å²) in [5.41, 5.74) is 0. The van der Waals surface area contributed by atoms with Crippen LogP contribution in [0.25, 0.3) is 0 Å². The van der Waals surface area contributed by atoms with E-state index in [1.54, 1.807) is 0 Å². The summed E-state index contributed by atoms with van der Waals surface area (Å²) in [7, 11) is 0. The van der Waals surface area contributed by atoms with Crippen molar-refractivity contribution in [2.75, 3.05) is 0 Å². The molecule has 6 nitrogen and oxygen atoms in total. The summed E-state index contributed by atoms with van der Waals surface area (Å²) in [6.45, 7) is 1.50. The quantitative estimate of drug-likeness (QED) is 0.591. The molecule has 0 radical (unpaired) electrons. The Morgan fingerprint density at radius 1 is 1.80 bits per heavy atom. The highest BCUT2D eigenvalue weighted by molar-refractivity contribution is 5.70. The summed E-state index contributed by atoms with van der Waals surface area (Å²) >= 11 is 0. The minimum atomic E-state index is -0.952. The third-order valence-electron chi connectivity index (χ3n) is 1.12. The van der Waals surface area contributed by atoms with E-state index in [9.17, 15) is 4.79 Å². The third kappa shape index (κ3) is 1.09. The van der Waals surface area contributed by atoms with Crippen LogP contribution in [0.1, 0.15) is 13.0 Å². The first-order valence-corrected chi connectivity index (χ1v) is 2.67. The number of carboxylic acid groups (broad SMARTS) is 1. The SMILES string of the molecule is C[C@@H](C(=O)O)n1cnnn1. The number of aliphatic carboxylic acids is 1. The van der Waals surface area contributed by atoms with Gasteiger partial charge in [-0.2, -0.15) is 0 Å². The summed E-state index contributed by atoms with van der Waals surface area (Å²) in [4.78, 5) is 10.3. The number of tetrazole rings is 1. The average molecular weight is 142 g/mol. The summed E-state index contributed by atoms with van der Waals surface area (Å²) in [5, 5.41) is 18.4. The Bertz CT molecular complexity index is 219. The fraction of sp³-hybridized carbons (Fsp3) is 0.500. The summed E-state index contributed by atoms with van der Waals surface area (Å²) in [6, 6.07) is -0.699. The molecule has 0 amide bonds. The van der Waals surface area contributed by atoms with E-state index in [0.717, 1.165) is 0 Å². The number of nitrogens with zero attached hydrogens (tertiary/aromatic N) is 4. The van der Waals surface area contributed by atoms with Crippen LogP contribution < -0.4 is 0 Å². The van der Waals surface area contributed by atoms with Gasteiger partial charge < -0.3 is 5.11 Å². The summed E-state index contributed by atoms with van der Waals surface area (Å²) in [5.74, 6) is -0.952. The maximum atomic E-state index is 10.3. The number of rotatable bonds is 2. The van der Waals surface area contributed by atoms with Crippen molar-refractivity contribution in [2.45, 2.75) is 13.0 Å². The van der Waals surface area contributed by atoms with Gasteiger partial charge in [0.2, 0.25) is 0 Å². The molecule has 1 rings (SSSR count). The lowest BCUT2D eigenvalue weighted by Crippen LogP contribution is -2.15. The monoisotopic (exact) mass is 142 g/mol. The average Bonchev–Trinajstić information content (AvgIpc) is 2.36. The Morgan fingerprint density at radius 2 is 2.50 bits per heavy atom. The Labute approximate surface area is 56.5 Å². The van der Waals surface area contributed by atoms with Crippen molar-refractivity contribution in [1.82, 2.24) is 20.2 Å². The maximum Gasteiger partial charge on any atom is 0.328 e. The van der Waals surface area contributed by atoms with E-state index in [1.165, 1.54) is 17.9 Å². The predicted molar refractivity (Wildman–Crippen MR) is 30.2 cm³/mol. The molecule has 1 aromatic rings. The van der Waals surface area contributed by atoms with Crippen molar-refractivity contribution in [3.63, 3.8) is 0 Å². The molecule has 0 unspecified atom stereocenters. The van der Waals surface area contributed by atoms with Gasteiger partial charge in [-0.05, 0) is 17.4 Å². The van der Waals surface area contributed by atoms with Crippen LogP contribution in [-0.2, 0) is 4.79 Å². The number of carboxylic acids is 1. The first kappa shape index (κ1) is 6.66. The highest BCUT2D eigenvalue weighted by atomic mass is 16.4. The Kier molecular flexibility index (Phi) is 1.61. The lowest BCUT2D eigenvalue weighted by atomic mass is 10.4. The lowest BCUT2D eigenvalue weighted by Gasteiger charge is -2.01. The van der Waals surface area contributed by atoms with Crippen molar-refractivity contribution in [3.8, 4) is 0 Å². The molecule has 0 saturated heterocycles. The maximum absolute atomic E-state index is 10.3. The van der Waals surface area contributed by atoms with Gasteiger partial charge in [-0.25, -0.2) is 9.48 Å². The molecule has 0 saturated carbocycles. The van der Waals surface area contributed by atoms with Gasteiger partial charge in [-0.15, -0.1) is 5.10 Å². The molecular weight excluding hydrogens is 136 g/mol. The van der Waals surface area contributed by atoms with Crippen LogP contribution in [0.3, 0.4) is 0 Å². The third-order valence-corrected chi connectivity index (χ3v) is 1.12. The van der Waals surface area contributed by atoms with Gasteiger partial charge in [0.05, 0.1) is 0 Å². The van der Waals surface area contributed by atoms with Gasteiger partial charge in [0.25, 0.3) is 0 Å². The van der Waals surface area contributed by atoms with Crippen LogP contribution in [0.4, 0.5) is 0 Å². The van der Waals surface area contributed by atoms with Gasteiger partial charge in [-0.3, -0.25) is 0 Å². The molecule has 0 bridgehead atoms. The van der Waals surface area contributed by atoms with Crippen molar-refractivity contribution in [3.05, 3.63) is 6.33 Å². The van der Waals surface area contributed by atoms with E-state index < -0.39 is 12.0 Å². The number of hydrogen-bond donors (Lipinski definition) is 1. The molecule has 0 aliphatic heterocycles. The van der Waals surface area contributed by atoms with Crippen LogP contribution >= 0.6 is 0 Å². The number of carbonyl (C=O) groups is 1. The molecule has 54 valence electrons. The van der Waals surface area contributed by atoms with E-state index in [4.69, 9.17) is 5.11 Å². The topological polar surface area (TPSA) is 80.9 Å². The zero-order valence-electron chi connectivity index (χ0n) is 5.30. The van der Waals surface area contributed by atoms with Crippen molar-refractivity contribution in [1.29, 1.82) is 0 Å². The number of hydrogen-bond acceptors (Lipinski definition) is 4. The van der Waals surface area contributed by atoms with E-state index in [-0.39, 0.29) is 0 Å². The van der Waals surface area contributed by atoms with E-state index >= 15 is 0 Å². The molecular formula is C4H6N4O2. The standard InChI is InChI=1S/C4H6N4O2/c1-3(4(9)10)8-2-5-6-7-8/h2-3H,1H3,(H,9,10)/t3-/m0/s1. The van der Waals surface area contributed by atoms with Gasteiger partial charge >= 0.3 is 5.97 Å². The number of aromatic nitrogens is 4. The second-order valence-corrected chi connectivity index (χ2v) is 1.80. The normalized spacial score (nSPS) is 12.9. The largest absolute Gasteiger partial charge is 0.480 e. The van der Waals surface area contributed by atoms with Crippen LogP contribution in [0, 0.1) is 0 Å². The van der Waals surface area contributed by atoms with E-state index in [2.05, 4.69) is 15.5 Å². The molecule has 0 fully saturated rings. The Balaban J connectivity index is 2.77. The fourth-order valence-electron chi connectivity index (χ4n) is 0.459. The predicted octanol–water partition coefficient (Wildman–Crippen LogP) is -0.681. The van der Waals surface area contributed by atoms with Crippen molar-refractivity contribution in [2.24, 2.45) is 0 Å². The van der Waals surface area contributed by atoms with Crippen molar-refractivity contribution < 1.29 is 9.90 Å². The summed E-state index contributed by atoms with van der Waals surface area (Å²) < 4.78 is 1.17. The zero-order chi connectivity index (χ0) is 7.56. The minimum Gasteiger partial charge on any atom is -0.480 e. The zero-order valence-corrected chi connectivity index (χ0v) is 5.30. The molecule has 6 heteroatoms. The van der Waals surface area contributed by atoms with Crippen LogP contribution in [0.15, 0.2) is 6.33 Å². The fourth-order valence-corrected chi connectivity index (χ4v) is 0.459. The second kappa shape index (κ2) is 2.42. The van der Waals surface area contributed by atoms with Gasteiger partial charge in [0, 0.05) is 0 Å². The van der Waals surface area contributed by atoms with Crippen LogP contribution in [0.5, 0.6) is 0 Å². The van der Waals surface area contributed by atoms with Gasteiger partial charge in [0.15, 0.2) is 0 Å². The molecule has 1 atom stereocenters. The molecule has 0 aliphatic carbocycles. The molecule has 1 N–H and O–H groups in total. The highest BCUT2D eigenvalue weighted by Gasteiger charge is 2.12. The highest BCUT2D eigenvalue weighted by Crippen LogP contribution is 1.98. The molecule has 1 heterocycles. The van der Waals surface area contributed by atoms with Gasteiger partial charge in [-0.1, -0.05) is 0 Å². The van der Waals surface area contributed by atoms with Crippen molar-refractivity contribution >= 4 is 5.97 Å². The molecule has 0 aromatic carbocycles. The van der Waals surface area contributed by atoms with E-state index in [0.29, 0.717) is 0 Å². The lowest BCUT2D eigenvalue weighted by molar-refractivity contribution is -0.140. The minimum absolute atomic E-state index is 0.699. The first-order valence-electron chi connectivity index (χ1n) is 2.67.